The van der Waals surface area contributed by atoms with Gasteiger partial charge in [-0.1, -0.05) is 39.5 Å². The molecule has 0 spiro atoms. The number of nitrogens with one attached hydrogen (secondary N) is 1. The summed E-state index contributed by atoms with van der Waals surface area (Å²) < 4.78 is 28.2. The van der Waals surface area contributed by atoms with E-state index >= 15 is 0 Å². The molecule has 0 aromatic heterocycles. The second-order valence-electron chi connectivity index (χ2n) is 8.20. The van der Waals surface area contributed by atoms with Gasteiger partial charge < -0.3 is 5.32 Å². The van der Waals surface area contributed by atoms with Gasteiger partial charge in [-0.3, -0.25) is 4.99 Å². The molecule has 0 aliphatic carbocycles. The first kappa shape index (κ1) is 24.2. The summed E-state index contributed by atoms with van der Waals surface area (Å²) in [5.41, 5.74) is 2.15. The molecular formula is C25H37F2N3. The molecule has 1 aromatic rings. The molecule has 1 aliphatic rings. The first-order chi connectivity index (χ1) is 14.6. The lowest BCUT2D eigenvalue weighted by molar-refractivity contribution is 0.408. The highest BCUT2D eigenvalue weighted by Crippen LogP contribution is 2.21. The molecule has 1 unspecified atom stereocenters. The molecule has 0 saturated carbocycles. The van der Waals surface area contributed by atoms with Crippen LogP contribution in [-0.2, 0) is 12.8 Å². The van der Waals surface area contributed by atoms with Crippen LogP contribution in [0.3, 0.4) is 0 Å². The van der Waals surface area contributed by atoms with Crippen LogP contribution in [0.1, 0.15) is 76.3 Å². The minimum Gasteiger partial charge on any atom is -0.376 e. The van der Waals surface area contributed by atoms with Crippen molar-refractivity contribution >= 4 is 12.6 Å². The van der Waals surface area contributed by atoms with Crippen LogP contribution in [0.15, 0.2) is 33.9 Å². The maximum absolute atomic E-state index is 14.1. The fourth-order valence-electron chi connectivity index (χ4n) is 3.91. The van der Waals surface area contributed by atoms with Crippen molar-refractivity contribution in [3.63, 3.8) is 0 Å². The zero-order chi connectivity index (χ0) is 21.6. The van der Waals surface area contributed by atoms with Crippen LogP contribution in [0.25, 0.3) is 0 Å². The quantitative estimate of drug-likeness (QED) is 0.463. The Kier molecular flexibility index (Phi) is 11.3. The Labute approximate surface area is 180 Å². The van der Waals surface area contributed by atoms with Crippen LogP contribution < -0.4 is 5.32 Å². The standard InChI is InChI=1S/C25H37F2N3/c1-3-7-22-17-28-13-11-20(12-14-29-19-30-18-22)9-5-6-10-21-15-24(26)23(8-4-2)25(27)16-21/h15-20H,3-14H2,1-2H3,(H,29,30)/b22-18-,28-17-. The highest BCUT2D eigenvalue weighted by atomic mass is 19.1. The molecular weight excluding hydrogens is 380 g/mol. The van der Waals surface area contributed by atoms with Crippen molar-refractivity contribution in [1.29, 1.82) is 0 Å². The minimum atomic E-state index is -0.395. The smallest absolute Gasteiger partial charge is 0.129 e. The number of rotatable bonds is 9. The second kappa shape index (κ2) is 14.1. The van der Waals surface area contributed by atoms with Gasteiger partial charge in [0.2, 0.25) is 0 Å². The molecule has 0 fully saturated rings. The van der Waals surface area contributed by atoms with Gasteiger partial charge in [0.1, 0.15) is 11.6 Å². The van der Waals surface area contributed by atoms with E-state index in [1.54, 1.807) is 6.34 Å². The molecule has 0 radical (unpaired) electrons. The lowest BCUT2D eigenvalue weighted by Crippen LogP contribution is -2.17. The summed E-state index contributed by atoms with van der Waals surface area (Å²) in [4.78, 5) is 8.92. The molecule has 2 rings (SSSR count). The molecule has 5 heteroatoms. The lowest BCUT2D eigenvalue weighted by atomic mass is 9.93. The number of unbranched alkanes of at least 4 members (excludes halogenated alkanes) is 1. The maximum Gasteiger partial charge on any atom is 0.129 e. The zero-order valence-corrected chi connectivity index (χ0v) is 18.6. The Hall–Kier alpha value is -2.04. The lowest BCUT2D eigenvalue weighted by Gasteiger charge is -2.16. The third-order valence-corrected chi connectivity index (χ3v) is 5.59. The fourth-order valence-corrected chi connectivity index (χ4v) is 3.91. The molecule has 1 aromatic carbocycles. The summed E-state index contributed by atoms with van der Waals surface area (Å²) in [6.07, 6.45) is 14.9. The van der Waals surface area contributed by atoms with E-state index < -0.39 is 11.6 Å². The van der Waals surface area contributed by atoms with E-state index in [1.807, 2.05) is 19.3 Å². The maximum atomic E-state index is 14.1. The van der Waals surface area contributed by atoms with Crippen LogP contribution in [0, 0.1) is 17.6 Å². The van der Waals surface area contributed by atoms with Gasteiger partial charge in [0.15, 0.2) is 0 Å². The predicted molar refractivity (Wildman–Crippen MR) is 123 cm³/mol. The third kappa shape index (κ3) is 8.76. The van der Waals surface area contributed by atoms with Gasteiger partial charge in [-0.2, -0.15) is 0 Å². The van der Waals surface area contributed by atoms with E-state index in [0.717, 1.165) is 82.0 Å². The van der Waals surface area contributed by atoms with E-state index in [4.69, 9.17) is 0 Å². The molecule has 30 heavy (non-hydrogen) atoms. The number of aliphatic imine (C=N–C) groups is 2. The van der Waals surface area contributed by atoms with Crippen molar-refractivity contribution < 1.29 is 8.78 Å². The van der Waals surface area contributed by atoms with Crippen LogP contribution >= 0.6 is 0 Å². The summed E-state index contributed by atoms with van der Waals surface area (Å²) in [5, 5.41) is 3.28. The molecule has 166 valence electrons. The molecule has 1 heterocycles. The third-order valence-electron chi connectivity index (χ3n) is 5.59. The molecule has 1 atom stereocenters. The van der Waals surface area contributed by atoms with Crippen molar-refractivity contribution in [2.75, 3.05) is 13.1 Å². The Morgan fingerprint density at radius 1 is 1.00 bits per heavy atom. The Morgan fingerprint density at radius 3 is 2.50 bits per heavy atom. The number of halogens is 2. The van der Waals surface area contributed by atoms with Crippen LogP contribution in [-0.4, -0.2) is 25.6 Å². The first-order valence-corrected chi connectivity index (χ1v) is 11.5. The van der Waals surface area contributed by atoms with Crippen molar-refractivity contribution in [1.82, 2.24) is 5.32 Å². The summed E-state index contributed by atoms with van der Waals surface area (Å²) in [6, 6.07) is 3.03. The normalized spacial score (nSPS) is 21.6. The summed E-state index contributed by atoms with van der Waals surface area (Å²) in [7, 11) is 0. The number of allylic oxidation sites excluding steroid dienone is 1. The van der Waals surface area contributed by atoms with Crippen molar-refractivity contribution in [2.45, 2.75) is 78.1 Å². The highest BCUT2D eigenvalue weighted by Gasteiger charge is 2.11. The van der Waals surface area contributed by atoms with E-state index in [-0.39, 0.29) is 5.56 Å². The number of nitrogens with zero attached hydrogens (tertiary/aromatic N) is 2. The summed E-state index contributed by atoms with van der Waals surface area (Å²) >= 11 is 0. The molecule has 3 nitrogen and oxygen atoms in total. The monoisotopic (exact) mass is 417 g/mol. The summed E-state index contributed by atoms with van der Waals surface area (Å²) in [6.45, 7) is 5.84. The van der Waals surface area contributed by atoms with Gasteiger partial charge in [-0.15, -0.1) is 0 Å². The molecule has 1 aliphatic heterocycles. The van der Waals surface area contributed by atoms with Gasteiger partial charge in [0, 0.05) is 31.1 Å². The molecule has 0 amide bonds. The molecule has 0 bridgehead atoms. The van der Waals surface area contributed by atoms with Gasteiger partial charge >= 0.3 is 0 Å². The molecule has 0 saturated heterocycles. The van der Waals surface area contributed by atoms with Gasteiger partial charge in [-0.25, -0.2) is 13.8 Å². The SMILES string of the molecule is CCCC1=C/N=C/NCCC(CCCCc2cc(F)c(CCC)c(F)c2)CC/N=C\1. The van der Waals surface area contributed by atoms with Gasteiger partial charge in [0.25, 0.3) is 0 Å². The van der Waals surface area contributed by atoms with Crippen LogP contribution in [0.2, 0.25) is 0 Å². The van der Waals surface area contributed by atoms with E-state index in [9.17, 15) is 8.78 Å². The first-order valence-electron chi connectivity index (χ1n) is 11.5. The topological polar surface area (TPSA) is 36.8 Å². The Morgan fingerprint density at radius 2 is 1.77 bits per heavy atom. The van der Waals surface area contributed by atoms with Gasteiger partial charge in [-0.05, 0) is 67.7 Å². The predicted octanol–water partition coefficient (Wildman–Crippen LogP) is 6.41. The van der Waals surface area contributed by atoms with Crippen molar-refractivity contribution in [3.05, 3.63) is 46.7 Å². The van der Waals surface area contributed by atoms with Crippen molar-refractivity contribution in [2.24, 2.45) is 15.9 Å². The Balaban J connectivity index is 1.81. The Bertz CT molecular complexity index is 702. The summed E-state index contributed by atoms with van der Waals surface area (Å²) in [5.74, 6) is -0.192. The number of hydrogen-bond acceptors (Lipinski definition) is 3. The average Bonchev–Trinajstić information content (AvgIpc) is 2.71. The average molecular weight is 418 g/mol. The van der Waals surface area contributed by atoms with Gasteiger partial charge in [0.05, 0.1) is 6.34 Å². The van der Waals surface area contributed by atoms with E-state index in [0.29, 0.717) is 12.3 Å². The fraction of sp³-hybridized carbons (Fsp3) is 0.600. The highest BCUT2D eigenvalue weighted by molar-refractivity contribution is 5.78. The van der Waals surface area contributed by atoms with Crippen LogP contribution in [0.5, 0.6) is 0 Å². The molecule has 1 N–H and O–H groups in total. The minimum absolute atomic E-state index is 0.225. The van der Waals surface area contributed by atoms with E-state index in [2.05, 4.69) is 22.2 Å². The van der Waals surface area contributed by atoms with Crippen molar-refractivity contribution in [3.8, 4) is 0 Å². The van der Waals surface area contributed by atoms with Crippen LogP contribution in [0.4, 0.5) is 8.78 Å². The van der Waals surface area contributed by atoms with E-state index in [1.165, 1.54) is 12.1 Å². The number of hydrogen-bond donors (Lipinski definition) is 1. The largest absolute Gasteiger partial charge is 0.376 e. The number of aryl methyl sites for hydroxylation is 1. The zero-order valence-electron chi connectivity index (χ0n) is 18.6. The second-order valence-corrected chi connectivity index (χ2v) is 8.20. The number of benzene rings is 1.